The van der Waals surface area contributed by atoms with E-state index in [2.05, 4.69) is 17.2 Å². The minimum Gasteiger partial charge on any atom is -0.398 e. The van der Waals surface area contributed by atoms with Gasteiger partial charge in [-0.05, 0) is 25.0 Å². The minimum absolute atomic E-state index is 0.0563. The number of halogens is 3. The number of rotatable bonds is 6. The maximum Gasteiger partial charge on any atom is 0.471 e. The van der Waals surface area contributed by atoms with Gasteiger partial charge in [-0.2, -0.15) is 13.2 Å². The summed E-state index contributed by atoms with van der Waals surface area (Å²) in [5, 5.41) is 4.16. The average Bonchev–Trinajstić information content (AvgIpc) is 2.55. The molecule has 0 aromatic heterocycles. The molecule has 0 fully saturated rings. The van der Waals surface area contributed by atoms with Crippen LogP contribution in [-0.4, -0.2) is 30.6 Å². The molecule has 0 saturated heterocycles. The number of unbranched alkanes of at least 4 members (excludes halogenated alkanes) is 1. The first kappa shape index (κ1) is 20.4. The van der Waals surface area contributed by atoms with Gasteiger partial charge < -0.3 is 16.4 Å². The van der Waals surface area contributed by atoms with Gasteiger partial charge >= 0.3 is 12.1 Å². The summed E-state index contributed by atoms with van der Waals surface area (Å²) in [6.07, 6.45) is -3.95. The van der Waals surface area contributed by atoms with Crippen LogP contribution in [0.4, 0.5) is 18.9 Å². The third-order valence-electron chi connectivity index (χ3n) is 3.25. The number of alkyl halides is 3. The van der Waals surface area contributed by atoms with Crippen LogP contribution in [0.15, 0.2) is 24.3 Å². The number of nitrogen functional groups attached to an aromatic ring is 1. The molecule has 25 heavy (non-hydrogen) atoms. The van der Waals surface area contributed by atoms with E-state index in [4.69, 9.17) is 5.73 Å². The van der Waals surface area contributed by atoms with E-state index >= 15 is 0 Å². The number of para-hydroxylation sites is 1. The number of hydrogen-bond donors (Lipinski definition) is 3. The number of nitrogens with one attached hydrogen (secondary N) is 2. The highest BCUT2D eigenvalue weighted by molar-refractivity contribution is 5.89. The fraction of sp³-hybridized carbons (Fsp3) is 0.412. The number of carbonyl (C=O) groups excluding carboxylic acids is 2. The quantitative estimate of drug-likeness (QED) is 0.414. The summed E-state index contributed by atoms with van der Waals surface area (Å²) in [5.74, 6) is 3.04. The molecule has 8 heteroatoms. The second-order valence-corrected chi connectivity index (χ2v) is 5.22. The molecule has 1 aromatic rings. The fourth-order valence-electron chi connectivity index (χ4n) is 1.87. The Morgan fingerprint density at radius 2 is 1.96 bits per heavy atom. The predicted octanol–water partition coefficient (Wildman–Crippen LogP) is 1.97. The third-order valence-corrected chi connectivity index (χ3v) is 3.25. The van der Waals surface area contributed by atoms with E-state index in [1.54, 1.807) is 23.5 Å². The van der Waals surface area contributed by atoms with Crippen molar-refractivity contribution >= 4 is 17.5 Å². The van der Waals surface area contributed by atoms with E-state index in [0.717, 1.165) is 0 Å². The molecule has 0 heterocycles. The highest BCUT2D eigenvalue weighted by Gasteiger charge is 2.40. The van der Waals surface area contributed by atoms with Gasteiger partial charge in [0.2, 0.25) is 5.91 Å². The summed E-state index contributed by atoms with van der Waals surface area (Å²) >= 11 is 0. The molecule has 1 atom stereocenters. The Kier molecular flexibility index (Phi) is 7.79. The highest BCUT2D eigenvalue weighted by atomic mass is 19.4. The monoisotopic (exact) mass is 355 g/mol. The molecule has 136 valence electrons. The SMILES string of the molecule is CC[C@H](NC(=O)C(F)(F)F)C(=O)NCCCC#Cc1ccccc1N. The normalized spacial score (nSPS) is 11.8. The number of benzene rings is 1. The summed E-state index contributed by atoms with van der Waals surface area (Å²) in [5.41, 5.74) is 7.04. The van der Waals surface area contributed by atoms with Crippen molar-refractivity contribution in [1.82, 2.24) is 10.6 Å². The molecule has 4 N–H and O–H groups in total. The van der Waals surface area contributed by atoms with Crippen molar-refractivity contribution in [2.24, 2.45) is 0 Å². The van der Waals surface area contributed by atoms with Crippen molar-refractivity contribution in [1.29, 1.82) is 0 Å². The lowest BCUT2D eigenvalue weighted by Crippen LogP contribution is -2.50. The molecule has 2 amide bonds. The zero-order chi connectivity index (χ0) is 18.9. The fourth-order valence-corrected chi connectivity index (χ4v) is 1.87. The number of anilines is 1. The Morgan fingerprint density at radius 3 is 2.56 bits per heavy atom. The maximum atomic E-state index is 12.2. The van der Waals surface area contributed by atoms with Crippen molar-refractivity contribution in [3.63, 3.8) is 0 Å². The van der Waals surface area contributed by atoms with Crippen molar-refractivity contribution < 1.29 is 22.8 Å². The van der Waals surface area contributed by atoms with Gasteiger partial charge in [-0.15, -0.1) is 0 Å². The van der Waals surface area contributed by atoms with E-state index in [9.17, 15) is 22.8 Å². The molecule has 0 spiro atoms. The van der Waals surface area contributed by atoms with Gasteiger partial charge in [0.1, 0.15) is 6.04 Å². The summed E-state index contributed by atoms with van der Waals surface area (Å²) in [6, 6.07) is 5.94. The summed E-state index contributed by atoms with van der Waals surface area (Å²) in [6.45, 7) is 1.76. The lowest BCUT2D eigenvalue weighted by Gasteiger charge is -2.17. The first-order valence-electron chi connectivity index (χ1n) is 7.74. The van der Waals surface area contributed by atoms with Gasteiger partial charge in [0, 0.05) is 24.2 Å². The largest absolute Gasteiger partial charge is 0.471 e. The Morgan fingerprint density at radius 1 is 1.28 bits per heavy atom. The topological polar surface area (TPSA) is 84.2 Å². The van der Waals surface area contributed by atoms with Crippen LogP contribution in [0.2, 0.25) is 0 Å². The molecular formula is C17H20F3N3O2. The van der Waals surface area contributed by atoms with Crippen molar-refractivity contribution in [3.05, 3.63) is 29.8 Å². The predicted molar refractivity (Wildman–Crippen MR) is 88.3 cm³/mol. The van der Waals surface area contributed by atoms with E-state index in [0.29, 0.717) is 24.1 Å². The first-order chi connectivity index (χ1) is 11.8. The Balaban J connectivity index is 2.36. The van der Waals surface area contributed by atoms with E-state index in [-0.39, 0.29) is 13.0 Å². The average molecular weight is 355 g/mol. The van der Waals surface area contributed by atoms with Crippen LogP contribution in [0.3, 0.4) is 0 Å². The number of carbonyl (C=O) groups is 2. The second kappa shape index (κ2) is 9.57. The van der Waals surface area contributed by atoms with Crippen LogP contribution < -0.4 is 16.4 Å². The van der Waals surface area contributed by atoms with Crippen LogP contribution in [0.5, 0.6) is 0 Å². The highest BCUT2D eigenvalue weighted by Crippen LogP contribution is 2.14. The van der Waals surface area contributed by atoms with Gasteiger partial charge in [0.05, 0.1) is 0 Å². The van der Waals surface area contributed by atoms with Crippen molar-refractivity contribution in [3.8, 4) is 11.8 Å². The second-order valence-electron chi connectivity index (χ2n) is 5.22. The summed E-state index contributed by atoms with van der Waals surface area (Å²) in [4.78, 5) is 22.7. The van der Waals surface area contributed by atoms with Crippen LogP contribution in [-0.2, 0) is 9.59 Å². The lowest BCUT2D eigenvalue weighted by atomic mass is 10.2. The van der Waals surface area contributed by atoms with E-state index in [1.165, 1.54) is 6.92 Å². The minimum atomic E-state index is -5.01. The van der Waals surface area contributed by atoms with Gasteiger partial charge in [-0.1, -0.05) is 30.9 Å². The van der Waals surface area contributed by atoms with Gasteiger partial charge in [0.25, 0.3) is 0 Å². The van der Waals surface area contributed by atoms with E-state index in [1.807, 2.05) is 6.07 Å². The van der Waals surface area contributed by atoms with Crippen LogP contribution in [0, 0.1) is 11.8 Å². The smallest absolute Gasteiger partial charge is 0.398 e. The molecule has 1 aromatic carbocycles. The molecule has 0 aliphatic heterocycles. The first-order valence-corrected chi connectivity index (χ1v) is 7.74. The van der Waals surface area contributed by atoms with Crippen LogP contribution >= 0.6 is 0 Å². The molecule has 0 saturated carbocycles. The van der Waals surface area contributed by atoms with Gasteiger partial charge in [-0.25, -0.2) is 0 Å². The Labute approximate surface area is 144 Å². The number of nitrogens with two attached hydrogens (primary N) is 1. The Bertz CT molecular complexity index is 663. The third kappa shape index (κ3) is 7.16. The molecule has 0 aliphatic rings. The van der Waals surface area contributed by atoms with Crippen molar-refractivity contribution in [2.75, 3.05) is 12.3 Å². The molecule has 0 aliphatic carbocycles. The zero-order valence-corrected chi connectivity index (χ0v) is 13.7. The molecular weight excluding hydrogens is 335 g/mol. The molecule has 0 bridgehead atoms. The van der Waals surface area contributed by atoms with Gasteiger partial charge in [-0.3, -0.25) is 9.59 Å². The Hall–Kier alpha value is -2.69. The van der Waals surface area contributed by atoms with Crippen LogP contribution in [0.25, 0.3) is 0 Å². The summed E-state index contributed by atoms with van der Waals surface area (Å²) in [7, 11) is 0. The van der Waals surface area contributed by atoms with E-state index < -0.39 is 24.0 Å². The lowest BCUT2D eigenvalue weighted by molar-refractivity contribution is -0.174. The molecule has 1 rings (SSSR count). The molecule has 0 radical (unpaired) electrons. The summed E-state index contributed by atoms with van der Waals surface area (Å²) < 4.78 is 36.6. The number of hydrogen-bond acceptors (Lipinski definition) is 3. The number of amides is 2. The standard InChI is InChI=1S/C17H20F3N3O2/c1-2-14(23-16(25)17(18,19)20)15(24)22-11-7-3-4-8-12-9-5-6-10-13(12)21/h5-6,9-10,14H,2-3,7,11,21H2,1H3,(H,22,24)(H,23,25)/t14-/m0/s1. The van der Waals surface area contributed by atoms with Crippen LogP contribution in [0.1, 0.15) is 31.7 Å². The zero-order valence-electron chi connectivity index (χ0n) is 13.7. The van der Waals surface area contributed by atoms with Crippen molar-refractivity contribution in [2.45, 2.75) is 38.4 Å². The molecule has 5 nitrogen and oxygen atoms in total. The molecule has 0 unspecified atom stereocenters. The maximum absolute atomic E-state index is 12.2. The van der Waals surface area contributed by atoms with Gasteiger partial charge in [0.15, 0.2) is 0 Å².